The zero-order valence-corrected chi connectivity index (χ0v) is 9.85. The average molecular weight is 234 g/mol. The van der Waals surface area contributed by atoms with Crippen molar-refractivity contribution in [3.8, 4) is 0 Å². The van der Waals surface area contributed by atoms with E-state index < -0.39 is 23.9 Å². The Balaban J connectivity index is 0. The van der Waals surface area contributed by atoms with Crippen molar-refractivity contribution in [1.29, 1.82) is 0 Å². The van der Waals surface area contributed by atoms with Gasteiger partial charge in [0.2, 0.25) is 0 Å². The van der Waals surface area contributed by atoms with E-state index in [2.05, 4.69) is 0 Å². The molecule has 0 rings (SSSR count). The first-order valence-corrected chi connectivity index (χ1v) is 5.28. The Morgan fingerprint density at radius 1 is 1.25 bits per heavy atom. The minimum Gasteiger partial charge on any atom is -0.481 e. The third kappa shape index (κ3) is 10.9. The van der Waals surface area contributed by atoms with Crippen LogP contribution in [0, 0.1) is 5.92 Å². The quantitative estimate of drug-likeness (QED) is 0.522. The van der Waals surface area contributed by atoms with Crippen LogP contribution in [0.1, 0.15) is 33.1 Å². The molecular weight excluding hydrogens is 212 g/mol. The number of unbranched alkanes of at least 4 members (excludes halogenated alkanes) is 1. The fourth-order valence-corrected chi connectivity index (χ4v) is 0.648. The second kappa shape index (κ2) is 10.4. The molecule has 16 heavy (non-hydrogen) atoms. The molecule has 0 aromatic rings. The van der Waals surface area contributed by atoms with Crippen LogP contribution in [-0.4, -0.2) is 34.7 Å². The predicted molar refractivity (Wildman–Crippen MR) is 61.0 cm³/mol. The van der Waals surface area contributed by atoms with E-state index in [1.807, 2.05) is 6.92 Å². The molecule has 0 aromatic heterocycles. The van der Waals surface area contributed by atoms with Crippen LogP contribution < -0.4 is 11.5 Å². The Labute approximate surface area is 95.6 Å². The van der Waals surface area contributed by atoms with Crippen LogP contribution in [0.15, 0.2) is 0 Å². The van der Waals surface area contributed by atoms with Gasteiger partial charge < -0.3 is 21.7 Å². The second-order valence-corrected chi connectivity index (χ2v) is 3.56. The van der Waals surface area contributed by atoms with Gasteiger partial charge in [0.15, 0.2) is 0 Å². The zero-order valence-electron chi connectivity index (χ0n) is 9.85. The molecule has 6 N–H and O–H groups in total. The van der Waals surface area contributed by atoms with Crippen LogP contribution >= 0.6 is 0 Å². The number of aliphatic carboxylic acids is 2. The highest BCUT2D eigenvalue weighted by Crippen LogP contribution is 1.96. The smallest absolute Gasteiger partial charge is 0.320 e. The zero-order chi connectivity index (χ0) is 13.1. The van der Waals surface area contributed by atoms with Gasteiger partial charge in [-0.3, -0.25) is 9.59 Å². The summed E-state index contributed by atoms with van der Waals surface area (Å²) in [7, 11) is 0. The number of carbonyl (C=O) groups is 2. The van der Waals surface area contributed by atoms with Crippen LogP contribution in [0.2, 0.25) is 0 Å². The predicted octanol–water partition coefficient (Wildman–Crippen LogP) is 0.254. The van der Waals surface area contributed by atoms with Crippen molar-refractivity contribution < 1.29 is 19.8 Å². The van der Waals surface area contributed by atoms with Crippen LogP contribution in [0.25, 0.3) is 0 Å². The molecule has 0 radical (unpaired) electrons. The van der Waals surface area contributed by atoms with E-state index >= 15 is 0 Å². The Bertz CT molecular complexity index is 209. The molecular formula is C10H22N2O4. The Kier molecular flexibility index (Phi) is 11.2. The van der Waals surface area contributed by atoms with Crippen LogP contribution in [0.4, 0.5) is 0 Å². The number of hydrogen-bond acceptors (Lipinski definition) is 4. The maximum Gasteiger partial charge on any atom is 0.320 e. The molecule has 0 aliphatic carbocycles. The molecule has 0 spiro atoms. The molecule has 2 atom stereocenters. The third-order valence-corrected chi connectivity index (χ3v) is 1.96. The summed E-state index contributed by atoms with van der Waals surface area (Å²) < 4.78 is 0. The number of carboxylic acids is 2. The van der Waals surface area contributed by atoms with E-state index in [0.717, 1.165) is 12.8 Å². The molecule has 1 unspecified atom stereocenters. The highest BCUT2D eigenvalue weighted by molar-refractivity contribution is 5.72. The molecule has 0 saturated carbocycles. The highest BCUT2D eigenvalue weighted by atomic mass is 16.4. The van der Waals surface area contributed by atoms with Crippen molar-refractivity contribution in [1.82, 2.24) is 0 Å². The minimum absolute atomic E-state index is 0.218. The summed E-state index contributed by atoms with van der Waals surface area (Å²) in [6.07, 6.45) is 2.49. The van der Waals surface area contributed by atoms with E-state index in [0.29, 0.717) is 6.42 Å². The number of nitrogens with two attached hydrogens (primary N) is 2. The second-order valence-electron chi connectivity index (χ2n) is 3.56. The van der Waals surface area contributed by atoms with Gasteiger partial charge in [0.05, 0.1) is 5.92 Å². The number of rotatable bonds is 6. The Morgan fingerprint density at radius 3 is 1.94 bits per heavy atom. The van der Waals surface area contributed by atoms with Crippen molar-refractivity contribution in [2.45, 2.75) is 39.2 Å². The minimum atomic E-state index is -0.900. The van der Waals surface area contributed by atoms with Crippen molar-refractivity contribution >= 4 is 11.9 Å². The normalized spacial score (nSPS) is 13.2. The van der Waals surface area contributed by atoms with E-state index in [1.165, 1.54) is 0 Å². The Morgan fingerprint density at radius 2 is 1.75 bits per heavy atom. The molecule has 6 nitrogen and oxygen atoms in total. The van der Waals surface area contributed by atoms with Gasteiger partial charge in [-0.1, -0.05) is 26.7 Å². The molecule has 96 valence electrons. The lowest BCUT2D eigenvalue weighted by Gasteiger charge is -2.02. The van der Waals surface area contributed by atoms with Gasteiger partial charge in [0, 0.05) is 6.54 Å². The van der Waals surface area contributed by atoms with Crippen molar-refractivity contribution in [3.05, 3.63) is 0 Å². The monoisotopic (exact) mass is 234 g/mol. The topological polar surface area (TPSA) is 127 Å². The van der Waals surface area contributed by atoms with Crippen molar-refractivity contribution in [2.24, 2.45) is 17.4 Å². The molecule has 0 aromatic carbocycles. The Hall–Kier alpha value is -1.14. The summed E-state index contributed by atoms with van der Waals surface area (Å²) in [5.74, 6) is -2.13. The van der Waals surface area contributed by atoms with Crippen LogP contribution in [-0.2, 0) is 9.59 Å². The summed E-state index contributed by atoms with van der Waals surface area (Å²) in [5, 5.41) is 16.4. The summed E-state index contributed by atoms with van der Waals surface area (Å²) >= 11 is 0. The lowest BCUT2D eigenvalue weighted by Crippen LogP contribution is -2.29. The molecule has 0 aliphatic heterocycles. The molecule has 6 heteroatoms. The molecule has 0 saturated heterocycles. The summed E-state index contributed by atoms with van der Waals surface area (Å²) in [4.78, 5) is 19.9. The molecule has 0 bridgehead atoms. The maximum atomic E-state index is 10.1. The molecule has 0 aliphatic rings. The fraction of sp³-hybridized carbons (Fsp3) is 0.800. The van der Waals surface area contributed by atoms with E-state index in [-0.39, 0.29) is 6.54 Å². The fourth-order valence-electron chi connectivity index (χ4n) is 0.648. The third-order valence-electron chi connectivity index (χ3n) is 1.96. The highest BCUT2D eigenvalue weighted by Gasteiger charge is 2.08. The molecule has 0 amide bonds. The van der Waals surface area contributed by atoms with Gasteiger partial charge in [-0.05, 0) is 6.42 Å². The molecule has 0 fully saturated rings. The van der Waals surface area contributed by atoms with Crippen molar-refractivity contribution in [2.75, 3.05) is 6.54 Å². The van der Waals surface area contributed by atoms with Crippen LogP contribution in [0.5, 0.6) is 0 Å². The van der Waals surface area contributed by atoms with Gasteiger partial charge in [0.1, 0.15) is 6.04 Å². The number of hydrogen-bond donors (Lipinski definition) is 4. The van der Waals surface area contributed by atoms with E-state index in [4.69, 9.17) is 21.7 Å². The SMILES string of the molecule is CC(CN)C(=O)O.CCCC[C@H](N)C(=O)O. The lowest BCUT2D eigenvalue weighted by atomic mass is 10.1. The number of carboxylic acid groups (broad SMARTS) is 2. The van der Waals surface area contributed by atoms with Gasteiger partial charge in [-0.15, -0.1) is 0 Å². The summed E-state index contributed by atoms with van der Waals surface area (Å²) in [6, 6.07) is -0.662. The average Bonchev–Trinajstić information content (AvgIpc) is 2.25. The largest absolute Gasteiger partial charge is 0.481 e. The lowest BCUT2D eigenvalue weighted by molar-refractivity contribution is -0.141. The molecule has 0 heterocycles. The van der Waals surface area contributed by atoms with E-state index in [9.17, 15) is 9.59 Å². The van der Waals surface area contributed by atoms with Gasteiger partial charge >= 0.3 is 11.9 Å². The first-order valence-electron chi connectivity index (χ1n) is 5.28. The van der Waals surface area contributed by atoms with Gasteiger partial charge in [0.25, 0.3) is 0 Å². The van der Waals surface area contributed by atoms with Crippen LogP contribution in [0.3, 0.4) is 0 Å². The summed E-state index contributed by atoms with van der Waals surface area (Å²) in [6.45, 7) is 3.80. The van der Waals surface area contributed by atoms with Crippen molar-refractivity contribution in [3.63, 3.8) is 0 Å². The standard InChI is InChI=1S/C6H13NO2.C4H9NO2/c1-2-3-4-5(7)6(8)9;1-3(2-5)4(6)7/h5H,2-4,7H2,1H3,(H,8,9);3H,2,5H2,1H3,(H,6,7)/t5-;/m0./s1. The van der Waals surface area contributed by atoms with E-state index in [1.54, 1.807) is 6.92 Å². The first kappa shape index (κ1) is 17.3. The van der Waals surface area contributed by atoms with Gasteiger partial charge in [-0.25, -0.2) is 0 Å². The van der Waals surface area contributed by atoms with Gasteiger partial charge in [-0.2, -0.15) is 0 Å². The first-order chi connectivity index (χ1) is 7.36. The summed E-state index contributed by atoms with van der Waals surface area (Å²) in [5.41, 5.74) is 10.2. The maximum absolute atomic E-state index is 10.1.